The Hall–Kier alpha value is -3.10. The first-order valence-corrected chi connectivity index (χ1v) is 8.94. The van der Waals surface area contributed by atoms with E-state index in [9.17, 15) is 0 Å². The van der Waals surface area contributed by atoms with E-state index in [0.29, 0.717) is 6.61 Å². The summed E-state index contributed by atoms with van der Waals surface area (Å²) in [5.74, 6) is 0. The van der Waals surface area contributed by atoms with Crippen LogP contribution in [0.5, 0.6) is 0 Å². The lowest BCUT2D eigenvalue weighted by Crippen LogP contribution is -2.34. The molecule has 0 radical (unpaired) electrons. The van der Waals surface area contributed by atoms with Crippen LogP contribution in [0.2, 0.25) is 0 Å². The molecule has 0 N–H and O–H groups in total. The van der Waals surface area contributed by atoms with E-state index >= 15 is 0 Å². The van der Waals surface area contributed by atoms with Crippen LogP contribution in [0.25, 0.3) is 10.8 Å². The summed E-state index contributed by atoms with van der Waals surface area (Å²) < 4.78 is 0. The van der Waals surface area contributed by atoms with Crippen molar-refractivity contribution in [2.45, 2.75) is 12.6 Å². The summed E-state index contributed by atoms with van der Waals surface area (Å²) >= 11 is 0. The van der Waals surface area contributed by atoms with Gasteiger partial charge in [0, 0.05) is 0 Å². The summed E-state index contributed by atoms with van der Waals surface area (Å²) in [6, 6.07) is 34.1. The number of hydrogen-bond acceptors (Lipinski definition) is 2. The monoisotopic (exact) mass is 337 g/mol. The Morgan fingerprint density at radius 2 is 1.31 bits per heavy atom. The van der Waals surface area contributed by atoms with Gasteiger partial charge in [0.05, 0.1) is 5.69 Å². The van der Waals surface area contributed by atoms with E-state index in [1.165, 1.54) is 27.5 Å². The first-order valence-electron chi connectivity index (χ1n) is 8.94. The standard InChI is InChI=1S/C24H19NO/c1-3-9-18(10-4-1)24-23-16-20-12-8-7-11-19(20)15-21(23)17-26-25(24)22-13-5-2-6-14-22/h1-16,24H,17H2. The molecule has 1 aliphatic heterocycles. The Morgan fingerprint density at radius 3 is 2.04 bits per heavy atom. The number of rotatable bonds is 2. The molecule has 0 bridgehead atoms. The highest BCUT2D eigenvalue weighted by Crippen LogP contribution is 2.40. The molecule has 0 saturated heterocycles. The number of benzene rings is 4. The minimum absolute atomic E-state index is 0.0342. The number of fused-ring (bicyclic) bond motifs is 2. The van der Waals surface area contributed by atoms with Crippen LogP contribution in [0.3, 0.4) is 0 Å². The van der Waals surface area contributed by atoms with Gasteiger partial charge in [-0.2, -0.15) is 0 Å². The molecule has 1 unspecified atom stereocenters. The number of hydrogen-bond donors (Lipinski definition) is 0. The van der Waals surface area contributed by atoms with Gasteiger partial charge in [0.1, 0.15) is 12.6 Å². The fraction of sp³-hybridized carbons (Fsp3) is 0.0833. The van der Waals surface area contributed by atoms with Gasteiger partial charge >= 0.3 is 0 Å². The Balaban J connectivity index is 1.72. The van der Waals surface area contributed by atoms with Crippen LogP contribution in [0.4, 0.5) is 5.69 Å². The molecule has 4 aromatic rings. The van der Waals surface area contributed by atoms with E-state index < -0.39 is 0 Å². The zero-order chi connectivity index (χ0) is 17.3. The maximum absolute atomic E-state index is 6.24. The number of hydroxylamine groups is 1. The molecule has 1 aliphatic rings. The highest BCUT2D eigenvalue weighted by molar-refractivity contribution is 5.84. The highest BCUT2D eigenvalue weighted by atomic mass is 16.7. The Morgan fingerprint density at radius 1 is 0.692 bits per heavy atom. The molecule has 2 nitrogen and oxygen atoms in total. The maximum Gasteiger partial charge on any atom is 0.107 e. The van der Waals surface area contributed by atoms with Crippen molar-refractivity contribution in [3.05, 3.63) is 114 Å². The number of para-hydroxylation sites is 1. The van der Waals surface area contributed by atoms with Crippen LogP contribution in [0, 0.1) is 0 Å². The third-order valence-corrected chi connectivity index (χ3v) is 5.02. The lowest BCUT2D eigenvalue weighted by Gasteiger charge is -2.38. The Labute approximate surface area is 153 Å². The zero-order valence-electron chi connectivity index (χ0n) is 14.4. The van der Waals surface area contributed by atoms with E-state index in [-0.39, 0.29) is 6.04 Å². The summed E-state index contributed by atoms with van der Waals surface area (Å²) in [7, 11) is 0. The molecule has 0 aromatic heterocycles. The molecule has 126 valence electrons. The third kappa shape index (κ3) is 2.56. The van der Waals surface area contributed by atoms with E-state index in [1.807, 2.05) is 11.1 Å². The fourth-order valence-electron chi connectivity index (χ4n) is 3.77. The smallest absolute Gasteiger partial charge is 0.107 e. The molecule has 5 rings (SSSR count). The van der Waals surface area contributed by atoms with E-state index in [1.54, 1.807) is 0 Å². The van der Waals surface area contributed by atoms with Crippen LogP contribution >= 0.6 is 0 Å². The normalized spacial score (nSPS) is 16.5. The van der Waals surface area contributed by atoms with E-state index in [4.69, 9.17) is 4.84 Å². The molecular formula is C24H19NO. The lowest BCUT2D eigenvalue weighted by molar-refractivity contribution is 0.0665. The van der Waals surface area contributed by atoms with Gasteiger partial charge in [-0.1, -0.05) is 72.8 Å². The minimum Gasteiger partial charge on any atom is -0.268 e. The van der Waals surface area contributed by atoms with Gasteiger partial charge in [0.2, 0.25) is 0 Å². The van der Waals surface area contributed by atoms with E-state index in [0.717, 1.165) is 5.69 Å². The van der Waals surface area contributed by atoms with Crippen molar-refractivity contribution in [1.82, 2.24) is 0 Å². The van der Waals surface area contributed by atoms with Gasteiger partial charge in [-0.15, -0.1) is 0 Å². The summed E-state index contributed by atoms with van der Waals surface area (Å²) in [5, 5.41) is 4.57. The summed E-state index contributed by atoms with van der Waals surface area (Å²) in [6.45, 7) is 0.582. The van der Waals surface area contributed by atoms with Gasteiger partial charge < -0.3 is 0 Å². The number of nitrogens with zero attached hydrogens (tertiary/aromatic N) is 1. The number of anilines is 1. The molecular weight excluding hydrogens is 318 g/mol. The Kier molecular flexibility index (Phi) is 3.69. The first kappa shape index (κ1) is 15.2. The van der Waals surface area contributed by atoms with Crippen LogP contribution in [-0.2, 0) is 11.4 Å². The van der Waals surface area contributed by atoms with Crippen molar-refractivity contribution in [2.24, 2.45) is 0 Å². The quantitative estimate of drug-likeness (QED) is 0.453. The molecule has 1 heterocycles. The molecule has 26 heavy (non-hydrogen) atoms. The molecule has 0 fully saturated rings. The first-order chi connectivity index (χ1) is 12.9. The molecule has 4 aromatic carbocycles. The highest BCUT2D eigenvalue weighted by Gasteiger charge is 2.30. The van der Waals surface area contributed by atoms with E-state index in [2.05, 4.69) is 91.0 Å². The Bertz CT molecular complexity index is 1040. The summed E-state index contributed by atoms with van der Waals surface area (Å²) in [5.41, 5.74) is 4.86. The lowest BCUT2D eigenvalue weighted by atomic mass is 9.90. The predicted molar refractivity (Wildman–Crippen MR) is 106 cm³/mol. The van der Waals surface area contributed by atoms with Gasteiger partial charge in [0.25, 0.3) is 0 Å². The third-order valence-electron chi connectivity index (χ3n) is 5.02. The van der Waals surface area contributed by atoms with Gasteiger partial charge in [-0.05, 0) is 51.7 Å². The molecule has 0 aliphatic carbocycles. The van der Waals surface area contributed by atoms with Gasteiger partial charge in [-0.3, -0.25) is 4.84 Å². The maximum atomic E-state index is 6.24. The molecule has 1 atom stereocenters. The average molecular weight is 337 g/mol. The molecule has 0 amide bonds. The van der Waals surface area contributed by atoms with Gasteiger partial charge in [0.15, 0.2) is 0 Å². The van der Waals surface area contributed by atoms with Crippen LogP contribution in [0.1, 0.15) is 22.7 Å². The van der Waals surface area contributed by atoms with Crippen LogP contribution in [0.15, 0.2) is 97.1 Å². The SMILES string of the molecule is c1ccc(C2c3cc4ccccc4cc3CON2c2ccccc2)cc1. The largest absolute Gasteiger partial charge is 0.268 e. The van der Waals surface area contributed by atoms with Crippen molar-refractivity contribution >= 4 is 16.5 Å². The molecule has 2 heteroatoms. The molecule has 0 spiro atoms. The average Bonchev–Trinajstić information content (AvgIpc) is 2.72. The van der Waals surface area contributed by atoms with Crippen molar-refractivity contribution in [1.29, 1.82) is 0 Å². The van der Waals surface area contributed by atoms with Crippen LogP contribution in [-0.4, -0.2) is 0 Å². The topological polar surface area (TPSA) is 12.5 Å². The summed E-state index contributed by atoms with van der Waals surface area (Å²) in [6.07, 6.45) is 0. The zero-order valence-corrected chi connectivity index (χ0v) is 14.4. The second-order valence-electron chi connectivity index (χ2n) is 6.65. The fourth-order valence-corrected chi connectivity index (χ4v) is 3.77. The minimum atomic E-state index is 0.0342. The predicted octanol–water partition coefficient (Wildman–Crippen LogP) is 5.88. The van der Waals surface area contributed by atoms with Crippen molar-refractivity contribution in [2.75, 3.05) is 5.06 Å². The van der Waals surface area contributed by atoms with Crippen molar-refractivity contribution in [3.63, 3.8) is 0 Å². The molecule has 0 saturated carbocycles. The van der Waals surface area contributed by atoms with Crippen molar-refractivity contribution < 1.29 is 4.84 Å². The second kappa shape index (κ2) is 6.32. The van der Waals surface area contributed by atoms with Gasteiger partial charge in [-0.25, -0.2) is 5.06 Å². The van der Waals surface area contributed by atoms with Crippen LogP contribution < -0.4 is 5.06 Å². The second-order valence-corrected chi connectivity index (χ2v) is 6.65. The summed E-state index contributed by atoms with van der Waals surface area (Å²) in [4.78, 5) is 6.24. The van der Waals surface area contributed by atoms with Crippen molar-refractivity contribution in [3.8, 4) is 0 Å².